The van der Waals surface area contributed by atoms with E-state index in [1.165, 1.54) is 6.92 Å². The summed E-state index contributed by atoms with van der Waals surface area (Å²) in [4.78, 5) is 11.1. The molecular formula is C11H12F3NO3. The van der Waals surface area contributed by atoms with Crippen LogP contribution in [0.3, 0.4) is 0 Å². The minimum atomic E-state index is -2.35. The van der Waals surface area contributed by atoms with E-state index < -0.39 is 41.1 Å². The van der Waals surface area contributed by atoms with Crippen LogP contribution in [0.25, 0.3) is 0 Å². The summed E-state index contributed by atoms with van der Waals surface area (Å²) in [7, 11) is 0. The zero-order valence-corrected chi connectivity index (χ0v) is 9.49. The summed E-state index contributed by atoms with van der Waals surface area (Å²) < 4.78 is 44.0. The molecule has 1 unspecified atom stereocenters. The van der Waals surface area contributed by atoms with Crippen molar-refractivity contribution in [3.05, 3.63) is 29.3 Å². The van der Waals surface area contributed by atoms with E-state index in [2.05, 4.69) is 4.74 Å². The van der Waals surface area contributed by atoms with Crippen LogP contribution >= 0.6 is 0 Å². The van der Waals surface area contributed by atoms with Crippen molar-refractivity contribution >= 4 is 5.97 Å². The topological polar surface area (TPSA) is 72.5 Å². The Labute approximate surface area is 101 Å². The minimum absolute atomic E-state index is 0.0656. The number of hydrogen-bond acceptors (Lipinski definition) is 4. The highest BCUT2D eigenvalue weighted by atomic mass is 19.1. The number of ether oxygens (including phenoxy) is 1. The minimum Gasteiger partial charge on any atom is -0.507 e. The van der Waals surface area contributed by atoms with Crippen LogP contribution in [-0.2, 0) is 9.53 Å². The van der Waals surface area contributed by atoms with Crippen molar-refractivity contribution in [2.24, 2.45) is 5.73 Å². The molecule has 0 aromatic heterocycles. The van der Waals surface area contributed by atoms with Gasteiger partial charge in [-0.1, -0.05) is 0 Å². The lowest BCUT2D eigenvalue weighted by atomic mass is 10.0. The molecule has 0 heterocycles. The van der Waals surface area contributed by atoms with Gasteiger partial charge in [-0.2, -0.15) is 0 Å². The first-order valence-corrected chi connectivity index (χ1v) is 5.12. The summed E-state index contributed by atoms with van der Waals surface area (Å²) in [6.45, 7) is 1.40. The van der Waals surface area contributed by atoms with Crippen molar-refractivity contribution in [3.8, 4) is 5.75 Å². The Morgan fingerprint density at radius 1 is 1.50 bits per heavy atom. The van der Waals surface area contributed by atoms with Crippen LogP contribution in [0.1, 0.15) is 18.5 Å². The predicted octanol–water partition coefficient (Wildman–Crippen LogP) is 1.57. The maximum atomic E-state index is 13.6. The fraction of sp³-hybridized carbons (Fsp3) is 0.364. The first-order chi connectivity index (χ1) is 8.38. The van der Waals surface area contributed by atoms with Gasteiger partial charge in [-0.3, -0.25) is 0 Å². The summed E-state index contributed by atoms with van der Waals surface area (Å²) in [5.41, 5.74) is 4.65. The Kier molecular flexibility index (Phi) is 4.55. The number of benzene rings is 1. The van der Waals surface area contributed by atoms with Gasteiger partial charge in [-0.05, 0) is 6.92 Å². The zero-order chi connectivity index (χ0) is 13.9. The molecule has 100 valence electrons. The summed E-state index contributed by atoms with van der Waals surface area (Å²) >= 11 is 0. The van der Waals surface area contributed by atoms with Crippen molar-refractivity contribution in [3.63, 3.8) is 0 Å². The van der Waals surface area contributed by atoms with Gasteiger partial charge < -0.3 is 15.6 Å². The highest BCUT2D eigenvalue weighted by Crippen LogP contribution is 2.30. The second-order valence-corrected chi connectivity index (χ2v) is 3.50. The zero-order valence-electron chi connectivity index (χ0n) is 9.49. The van der Waals surface area contributed by atoms with Gasteiger partial charge in [0, 0.05) is 12.1 Å². The number of aromatic hydroxyl groups is 1. The molecule has 0 amide bonds. The fourth-order valence-electron chi connectivity index (χ4n) is 1.42. The van der Waals surface area contributed by atoms with E-state index >= 15 is 0 Å². The Hall–Kier alpha value is -1.76. The van der Waals surface area contributed by atoms with Crippen LogP contribution in [0.2, 0.25) is 0 Å². The molecule has 0 spiro atoms. The van der Waals surface area contributed by atoms with Gasteiger partial charge in [0.05, 0.1) is 18.2 Å². The normalized spacial score (nSPS) is 14.1. The lowest BCUT2D eigenvalue weighted by Crippen LogP contribution is -2.32. The van der Waals surface area contributed by atoms with Crippen LogP contribution in [0, 0.1) is 11.6 Å². The number of hydrogen-bond donors (Lipinski definition) is 2. The van der Waals surface area contributed by atoms with Gasteiger partial charge >= 0.3 is 5.97 Å². The van der Waals surface area contributed by atoms with E-state index in [1.807, 2.05) is 0 Å². The predicted molar refractivity (Wildman–Crippen MR) is 56.5 cm³/mol. The quantitative estimate of drug-likeness (QED) is 0.809. The van der Waals surface area contributed by atoms with Gasteiger partial charge in [0.25, 0.3) is 0 Å². The molecule has 0 aliphatic carbocycles. The third-order valence-electron chi connectivity index (χ3n) is 2.23. The Bertz CT molecular complexity index is 430. The summed E-state index contributed by atoms with van der Waals surface area (Å²) in [5.74, 6) is -4.39. The number of carbonyl (C=O) groups is 1. The molecule has 7 heteroatoms. The number of nitrogens with two attached hydrogens (primary N) is 1. The maximum Gasteiger partial charge on any atom is 0.342 e. The molecule has 2 atom stereocenters. The molecule has 0 radical (unpaired) electrons. The van der Waals surface area contributed by atoms with Gasteiger partial charge in [-0.15, -0.1) is 0 Å². The first-order valence-electron chi connectivity index (χ1n) is 5.12. The molecule has 1 rings (SSSR count). The maximum absolute atomic E-state index is 13.6. The van der Waals surface area contributed by atoms with Crippen molar-refractivity contribution < 1.29 is 27.8 Å². The fourth-order valence-corrected chi connectivity index (χ4v) is 1.42. The molecule has 1 aromatic rings. The second kappa shape index (κ2) is 5.72. The van der Waals surface area contributed by atoms with E-state index in [9.17, 15) is 23.1 Å². The third-order valence-corrected chi connectivity index (χ3v) is 2.23. The molecule has 1 aromatic carbocycles. The summed E-state index contributed by atoms with van der Waals surface area (Å²) in [6.07, 6.45) is -2.35. The second-order valence-electron chi connectivity index (χ2n) is 3.50. The van der Waals surface area contributed by atoms with Crippen LogP contribution in [0.5, 0.6) is 5.75 Å². The highest BCUT2D eigenvalue weighted by Gasteiger charge is 2.32. The van der Waals surface area contributed by atoms with E-state index in [0.29, 0.717) is 12.1 Å². The monoisotopic (exact) mass is 263 g/mol. The van der Waals surface area contributed by atoms with E-state index in [1.54, 1.807) is 0 Å². The van der Waals surface area contributed by atoms with Crippen LogP contribution < -0.4 is 5.73 Å². The van der Waals surface area contributed by atoms with Crippen molar-refractivity contribution in [2.45, 2.75) is 19.1 Å². The lowest BCUT2D eigenvalue weighted by molar-refractivity contribution is -0.149. The average Bonchev–Trinajstić information content (AvgIpc) is 2.26. The molecule has 0 fully saturated rings. The van der Waals surface area contributed by atoms with E-state index in [0.717, 1.165) is 0 Å². The molecule has 0 saturated carbocycles. The Morgan fingerprint density at radius 3 is 2.61 bits per heavy atom. The molecule has 0 aliphatic heterocycles. The van der Waals surface area contributed by atoms with Gasteiger partial charge in [-0.25, -0.2) is 18.0 Å². The molecule has 3 N–H and O–H groups in total. The number of esters is 1. The van der Waals surface area contributed by atoms with E-state index in [4.69, 9.17) is 5.73 Å². The average molecular weight is 263 g/mol. The smallest absolute Gasteiger partial charge is 0.342 e. The number of rotatable bonds is 4. The number of phenols is 1. The molecule has 0 aliphatic rings. The van der Waals surface area contributed by atoms with Crippen molar-refractivity contribution in [1.82, 2.24) is 0 Å². The van der Waals surface area contributed by atoms with Crippen molar-refractivity contribution in [1.29, 1.82) is 0 Å². The molecular weight excluding hydrogens is 251 g/mol. The molecule has 18 heavy (non-hydrogen) atoms. The number of carbonyl (C=O) groups excluding carboxylic acids is 1. The first kappa shape index (κ1) is 14.3. The summed E-state index contributed by atoms with van der Waals surface area (Å²) in [6, 6.07) is -0.757. The standard InChI is InChI=1S/C11H12F3NO3/c1-2-18-11(17)9(14)10(15)8-6(13)3-5(12)4-7(8)16/h3-4,9-10,16H,2,15H2,1H3/t9?,10-/m1/s1. The largest absolute Gasteiger partial charge is 0.507 e. The van der Waals surface area contributed by atoms with Gasteiger partial charge in [0.2, 0.25) is 6.17 Å². The van der Waals surface area contributed by atoms with Gasteiger partial charge in [0.15, 0.2) is 0 Å². The number of phenolic OH excluding ortho intramolecular Hbond substituents is 1. The van der Waals surface area contributed by atoms with Crippen LogP contribution in [0.15, 0.2) is 12.1 Å². The molecule has 0 saturated heterocycles. The number of alkyl halides is 1. The highest BCUT2D eigenvalue weighted by molar-refractivity contribution is 5.76. The molecule has 4 nitrogen and oxygen atoms in total. The Balaban J connectivity index is 3.03. The summed E-state index contributed by atoms with van der Waals surface area (Å²) in [5, 5.41) is 9.32. The molecule has 0 bridgehead atoms. The SMILES string of the molecule is CCOC(=O)C(F)[C@H](N)c1c(O)cc(F)cc1F. The van der Waals surface area contributed by atoms with E-state index in [-0.39, 0.29) is 6.61 Å². The Morgan fingerprint density at radius 2 is 2.11 bits per heavy atom. The van der Waals surface area contributed by atoms with Crippen LogP contribution in [0.4, 0.5) is 13.2 Å². The third kappa shape index (κ3) is 2.92. The number of halogens is 3. The van der Waals surface area contributed by atoms with Gasteiger partial charge in [0.1, 0.15) is 17.4 Å². The lowest BCUT2D eigenvalue weighted by Gasteiger charge is -2.17. The van der Waals surface area contributed by atoms with Crippen molar-refractivity contribution in [2.75, 3.05) is 6.61 Å². The van der Waals surface area contributed by atoms with Crippen LogP contribution in [-0.4, -0.2) is 23.9 Å².